The number of rotatable bonds is 1. The summed E-state index contributed by atoms with van der Waals surface area (Å²) in [4.78, 5) is 22.6. The van der Waals surface area contributed by atoms with Gasteiger partial charge in [0.1, 0.15) is 0 Å². The standard InChI is InChI=1S/C10H9N3O3S/c14-8-3-5-1-2-6-7(13(15)16)4-17-10(6)9(5)12-11-8/h4-5H,1-3H2,(H,11,14). The summed E-state index contributed by atoms with van der Waals surface area (Å²) < 4.78 is 0. The Labute approximate surface area is 100 Å². The number of thiophene rings is 1. The zero-order chi connectivity index (χ0) is 12.0. The highest BCUT2D eigenvalue weighted by molar-refractivity contribution is 7.12. The maximum atomic E-state index is 11.2. The number of hydrogen-bond donors (Lipinski definition) is 1. The minimum atomic E-state index is -0.350. The summed E-state index contributed by atoms with van der Waals surface area (Å²) in [5, 5.41) is 16.5. The molecule has 3 rings (SSSR count). The lowest BCUT2D eigenvalue weighted by Crippen LogP contribution is -2.35. The van der Waals surface area contributed by atoms with E-state index in [9.17, 15) is 14.9 Å². The quantitative estimate of drug-likeness (QED) is 0.605. The van der Waals surface area contributed by atoms with Gasteiger partial charge in [-0.05, 0) is 12.8 Å². The van der Waals surface area contributed by atoms with Crippen LogP contribution in [0.15, 0.2) is 10.5 Å². The first-order valence-corrected chi connectivity index (χ1v) is 6.16. The van der Waals surface area contributed by atoms with Crippen LogP contribution in [0.2, 0.25) is 0 Å². The van der Waals surface area contributed by atoms with Crippen molar-refractivity contribution < 1.29 is 9.72 Å². The summed E-state index contributed by atoms with van der Waals surface area (Å²) in [7, 11) is 0. The molecule has 1 amide bonds. The van der Waals surface area contributed by atoms with E-state index in [1.165, 1.54) is 11.3 Å². The average Bonchev–Trinajstić information content (AvgIpc) is 2.72. The lowest BCUT2D eigenvalue weighted by Gasteiger charge is -2.26. The third kappa shape index (κ3) is 1.54. The third-order valence-corrected chi connectivity index (χ3v) is 4.20. The van der Waals surface area contributed by atoms with Gasteiger partial charge in [0.25, 0.3) is 5.69 Å². The van der Waals surface area contributed by atoms with Gasteiger partial charge < -0.3 is 0 Å². The van der Waals surface area contributed by atoms with Crippen molar-refractivity contribution >= 4 is 28.6 Å². The molecule has 6 nitrogen and oxygen atoms in total. The molecule has 0 fully saturated rings. The third-order valence-electron chi connectivity index (χ3n) is 3.16. The monoisotopic (exact) mass is 251 g/mol. The first-order valence-electron chi connectivity index (χ1n) is 5.28. The smallest absolute Gasteiger partial charge is 0.273 e. The molecule has 0 bridgehead atoms. The maximum absolute atomic E-state index is 11.2. The molecule has 1 aliphatic heterocycles. The largest absolute Gasteiger partial charge is 0.283 e. The van der Waals surface area contributed by atoms with Gasteiger partial charge in [-0.3, -0.25) is 14.9 Å². The SMILES string of the molecule is O=C1CC2CCc3c([N+](=O)[O-])csc3C2=NN1. The molecule has 0 saturated carbocycles. The van der Waals surface area contributed by atoms with Crippen LogP contribution in [0, 0.1) is 16.0 Å². The summed E-state index contributed by atoms with van der Waals surface area (Å²) in [6.45, 7) is 0. The molecule has 0 spiro atoms. The Morgan fingerprint density at radius 3 is 3.18 bits per heavy atom. The predicted octanol–water partition coefficient (Wildman–Crippen LogP) is 1.44. The van der Waals surface area contributed by atoms with Crippen LogP contribution in [-0.4, -0.2) is 16.5 Å². The van der Waals surface area contributed by atoms with Crippen LogP contribution >= 0.6 is 11.3 Å². The van der Waals surface area contributed by atoms with Gasteiger partial charge in [-0.25, -0.2) is 5.43 Å². The van der Waals surface area contributed by atoms with Crippen LogP contribution in [0.4, 0.5) is 5.69 Å². The number of carbonyl (C=O) groups is 1. The van der Waals surface area contributed by atoms with E-state index in [1.807, 2.05) is 0 Å². The Morgan fingerprint density at radius 1 is 1.59 bits per heavy atom. The first kappa shape index (κ1) is 10.4. The second-order valence-electron chi connectivity index (χ2n) is 4.16. The van der Waals surface area contributed by atoms with Gasteiger partial charge in [0.2, 0.25) is 5.91 Å². The summed E-state index contributed by atoms with van der Waals surface area (Å²) >= 11 is 1.34. The minimum absolute atomic E-state index is 0.0757. The van der Waals surface area contributed by atoms with Crippen molar-refractivity contribution in [2.75, 3.05) is 0 Å². The summed E-state index contributed by atoms with van der Waals surface area (Å²) in [6, 6.07) is 0. The highest BCUT2D eigenvalue weighted by Crippen LogP contribution is 2.38. The average molecular weight is 251 g/mol. The molecule has 1 aromatic heterocycles. The van der Waals surface area contributed by atoms with Crippen LogP contribution in [0.3, 0.4) is 0 Å². The van der Waals surface area contributed by atoms with Gasteiger partial charge in [0.15, 0.2) is 0 Å². The molecular formula is C10H9N3O3S. The molecule has 0 saturated heterocycles. The predicted molar refractivity (Wildman–Crippen MR) is 62.1 cm³/mol. The molecule has 0 radical (unpaired) electrons. The zero-order valence-electron chi connectivity index (χ0n) is 8.80. The molecule has 1 atom stereocenters. The Kier molecular flexibility index (Phi) is 2.22. The van der Waals surface area contributed by atoms with E-state index >= 15 is 0 Å². The van der Waals surface area contributed by atoms with Gasteiger partial charge in [-0.15, -0.1) is 11.3 Å². The van der Waals surface area contributed by atoms with Crippen molar-refractivity contribution in [1.82, 2.24) is 5.43 Å². The fourth-order valence-corrected chi connectivity index (χ4v) is 3.50. The van der Waals surface area contributed by atoms with Crippen LogP contribution in [0.5, 0.6) is 0 Å². The molecule has 1 aliphatic carbocycles. The molecule has 1 aromatic rings. The van der Waals surface area contributed by atoms with Crippen LogP contribution < -0.4 is 5.43 Å². The van der Waals surface area contributed by atoms with Crippen LogP contribution in [-0.2, 0) is 11.2 Å². The minimum Gasteiger partial charge on any atom is -0.273 e. The fraction of sp³-hybridized carbons (Fsp3) is 0.400. The molecule has 2 heterocycles. The van der Waals surface area contributed by atoms with Crippen molar-refractivity contribution in [2.45, 2.75) is 19.3 Å². The first-order chi connectivity index (χ1) is 8.16. The number of carbonyl (C=O) groups excluding carboxylic acids is 1. The Bertz CT molecular complexity index is 549. The lowest BCUT2D eigenvalue weighted by molar-refractivity contribution is -0.385. The maximum Gasteiger partial charge on any atom is 0.283 e. The Balaban J connectivity index is 2.08. The number of amides is 1. The molecule has 17 heavy (non-hydrogen) atoms. The molecule has 1 unspecified atom stereocenters. The molecule has 0 aromatic carbocycles. The fourth-order valence-electron chi connectivity index (χ4n) is 2.36. The van der Waals surface area contributed by atoms with Gasteiger partial charge >= 0.3 is 0 Å². The topological polar surface area (TPSA) is 84.6 Å². The number of hydrogen-bond acceptors (Lipinski definition) is 5. The van der Waals surface area contributed by atoms with E-state index in [2.05, 4.69) is 10.5 Å². The zero-order valence-corrected chi connectivity index (χ0v) is 9.62. The Hall–Kier alpha value is -1.76. The lowest BCUT2D eigenvalue weighted by atomic mass is 9.84. The second-order valence-corrected chi connectivity index (χ2v) is 5.04. The summed E-state index contributed by atoms with van der Waals surface area (Å²) in [5.41, 5.74) is 4.21. The summed E-state index contributed by atoms with van der Waals surface area (Å²) in [5.74, 6) is 0.0442. The number of hydrazone groups is 1. The molecule has 1 N–H and O–H groups in total. The van der Waals surface area contributed by atoms with E-state index in [-0.39, 0.29) is 22.4 Å². The van der Waals surface area contributed by atoms with Gasteiger partial charge in [-0.2, -0.15) is 5.10 Å². The van der Waals surface area contributed by atoms with E-state index in [0.717, 1.165) is 22.6 Å². The molecular weight excluding hydrogens is 242 g/mol. The van der Waals surface area contributed by atoms with E-state index in [1.54, 1.807) is 5.38 Å². The van der Waals surface area contributed by atoms with Crippen molar-refractivity contribution in [1.29, 1.82) is 0 Å². The van der Waals surface area contributed by atoms with E-state index < -0.39 is 0 Å². The van der Waals surface area contributed by atoms with Crippen molar-refractivity contribution in [3.05, 3.63) is 25.9 Å². The van der Waals surface area contributed by atoms with Crippen LogP contribution in [0.25, 0.3) is 0 Å². The molecule has 88 valence electrons. The molecule has 7 heteroatoms. The van der Waals surface area contributed by atoms with Crippen molar-refractivity contribution in [3.63, 3.8) is 0 Å². The number of nitrogens with zero attached hydrogens (tertiary/aromatic N) is 2. The van der Waals surface area contributed by atoms with Gasteiger partial charge in [0, 0.05) is 17.9 Å². The highest BCUT2D eigenvalue weighted by atomic mass is 32.1. The van der Waals surface area contributed by atoms with E-state index in [4.69, 9.17) is 0 Å². The number of nitrogens with one attached hydrogen (secondary N) is 1. The van der Waals surface area contributed by atoms with E-state index in [0.29, 0.717) is 12.8 Å². The normalized spacial score (nSPS) is 22.2. The highest BCUT2D eigenvalue weighted by Gasteiger charge is 2.35. The summed E-state index contributed by atoms with van der Waals surface area (Å²) in [6.07, 6.45) is 1.85. The number of fused-ring (bicyclic) bond motifs is 3. The Morgan fingerprint density at radius 2 is 2.41 bits per heavy atom. The molecule has 2 aliphatic rings. The van der Waals surface area contributed by atoms with Crippen LogP contribution in [0.1, 0.15) is 23.3 Å². The second kappa shape index (κ2) is 3.63. The number of nitro groups is 1. The van der Waals surface area contributed by atoms with Gasteiger partial charge in [0.05, 0.1) is 20.9 Å². The van der Waals surface area contributed by atoms with Crippen molar-refractivity contribution in [2.24, 2.45) is 11.0 Å². The van der Waals surface area contributed by atoms with Gasteiger partial charge in [-0.1, -0.05) is 0 Å². The van der Waals surface area contributed by atoms with Crippen molar-refractivity contribution in [3.8, 4) is 0 Å².